The van der Waals surface area contributed by atoms with Crippen LogP contribution in [0.25, 0.3) is 20.8 Å². The molecule has 0 saturated carbocycles. The fourth-order valence-corrected chi connectivity index (χ4v) is 3.76. The molecular weight excluding hydrogens is 374 g/mol. The van der Waals surface area contributed by atoms with Gasteiger partial charge in [-0.3, -0.25) is 4.79 Å². The largest absolute Gasteiger partial charge is 0.497 e. The van der Waals surface area contributed by atoms with Crippen LogP contribution in [0.5, 0.6) is 5.75 Å². The summed E-state index contributed by atoms with van der Waals surface area (Å²) in [6, 6.07) is 19.5. The zero-order valence-electron chi connectivity index (χ0n) is 14.9. The van der Waals surface area contributed by atoms with Gasteiger partial charge in [0.2, 0.25) is 0 Å². The Bertz CT molecular complexity index is 1170. The fraction of sp³-hybridized carbons (Fsp3) is 0.0476. The van der Waals surface area contributed by atoms with Gasteiger partial charge in [0, 0.05) is 16.8 Å². The highest BCUT2D eigenvalue weighted by Gasteiger charge is 2.10. The van der Waals surface area contributed by atoms with Crippen LogP contribution in [0.1, 0.15) is 10.4 Å². The topological polar surface area (TPSA) is 80.7 Å². The SMILES string of the molecule is COc1ccc2nc(-c3ccc(NC(=O)c4cccc(N=O)c4)cc3)sc2c1. The Kier molecular flexibility index (Phi) is 4.82. The number of fused-ring (bicyclic) bond motifs is 1. The maximum absolute atomic E-state index is 12.3. The van der Waals surface area contributed by atoms with Crippen LogP contribution in [0.4, 0.5) is 11.4 Å². The van der Waals surface area contributed by atoms with Crippen molar-refractivity contribution in [2.75, 3.05) is 12.4 Å². The predicted octanol–water partition coefficient (Wildman–Crippen LogP) is 5.62. The smallest absolute Gasteiger partial charge is 0.255 e. The number of nitrogens with zero attached hydrogens (tertiary/aromatic N) is 2. The van der Waals surface area contributed by atoms with Gasteiger partial charge < -0.3 is 10.1 Å². The first-order valence-corrected chi connectivity index (χ1v) is 9.28. The molecular formula is C21H15N3O3S. The van der Waals surface area contributed by atoms with Gasteiger partial charge in [-0.1, -0.05) is 6.07 Å². The standard InChI is InChI=1S/C21H15N3O3S/c1-27-17-9-10-18-19(12-17)28-21(23-18)13-5-7-15(8-6-13)22-20(25)14-3-2-4-16(11-14)24-26/h2-12H,1H3,(H,22,25). The number of rotatable bonds is 5. The van der Waals surface area contributed by atoms with E-state index >= 15 is 0 Å². The van der Waals surface area contributed by atoms with Crippen LogP contribution < -0.4 is 10.1 Å². The molecule has 1 aromatic heterocycles. The van der Waals surface area contributed by atoms with Crippen LogP contribution in [0.15, 0.2) is 71.9 Å². The van der Waals surface area contributed by atoms with Gasteiger partial charge in [0.15, 0.2) is 0 Å². The van der Waals surface area contributed by atoms with Crippen molar-refractivity contribution < 1.29 is 9.53 Å². The lowest BCUT2D eigenvalue weighted by atomic mass is 10.1. The van der Waals surface area contributed by atoms with Crippen LogP contribution in [-0.2, 0) is 0 Å². The van der Waals surface area contributed by atoms with Crippen molar-refractivity contribution in [3.63, 3.8) is 0 Å². The van der Waals surface area contributed by atoms with Crippen molar-refractivity contribution in [1.29, 1.82) is 0 Å². The summed E-state index contributed by atoms with van der Waals surface area (Å²) < 4.78 is 6.31. The van der Waals surface area contributed by atoms with Crippen molar-refractivity contribution in [3.8, 4) is 16.3 Å². The van der Waals surface area contributed by atoms with E-state index in [1.165, 1.54) is 6.07 Å². The van der Waals surface area contributed by atoms with Gasteiger partial charge in [0.1, 0.15) is 16.4 Å². The lowest BCUT2D eigenvalue weighted by Crippen LogP contribution is -2.11. The molecule has 138 valence electrons. The maximum Gasteiger partial charge on any atom is 0.255 e. The first-order chi connectivity index (χ1) is 13.7. The fourth-order valence-electron chi connectivity index (χ4n) is 2.76. The second-order valence-electron chi connectivity index (χ2n) is 6.03. The Hall–Kier alpha value is -3.58. The van der Waals surface area contributed by atoms with Crippen molar-refractivity contribution in [2.24, 2.45) is 5.18 Å². The number of carbonyl (C=O) groups excluding carboxylic acids is 1. The zero-order valence-corrected chi connectivity index (χ0v) is 15.7. The van der Waals surface area contributed by atoms with Crippen LogP contribution in [0.2, 0.25) is 0 Å². The van der Waals surface area contributed by atoms with Crippen molar-refractivity contribution in [2.45, 2.75) is 0 Å². The van der Waals surface area contributed by atoms with Gasteiger partial charge in [-0.05, 0) is 65.8 Å². The van der Waals surface area contributed by atoms with E-state index < -0.39 is 0 Å². The lowest BCUT2D eigenvalue weighted by molar-refractivity contribution is 0.102. The summed E-state index contributed by atoms with van der Waals surface area (Å²) >= 11 is 1.58. The molecule has 0 fully saturated rings. The number of hydrogen-bond acceptors (Lipinski definition) is 6. The van der Waals surface area contributed by atoms with Crippen LogP contribution in [0, 0.1) is 4.91 Å². The molecule has 0 atom stereocenters. The molecule has 0 aliphatic carbocycles. The van der Waals surface area contributed by atoms with E-state index in [0.29, 0.717) is 11.3 Å². The Morgan fingerprint density at radius 3 is 2.64 bits per heavy atom. The number of nitrogens with one attached hydrogen (secondary N) is 1. The maximum atomic E-state index is 12.3. The summed E-state index contributed by atoms with van der Waals surface area (Å²) in [6.07, 6.45) is 0. The van der Waals surface area contributed by atoms with E-state index in [2.05, 4.69) is 15.5 Å². The first-order valence-electron chi connectivity index (χ1n) is 8.46. The van der Waals surface area contributed by atoms with E-state index in [1.54, 1.807) is 36.6 Å². The number of benzene rings is 3. The Morgan fingerprint density at radius 2 is 1.89 bits per heavy atom. The number of ether oxygens (including phenoxy) is 1. The van der Waals surface area contributed by atoms with Crippen molar-refractivity contribution in [1.82, 2.24) is 4.98 Å². The Balaban J connectivity index is 1.53. The van der Waals surface area contributed by atoms with E-state index in [4.69, 9.17) is 4.74 Å². The molecule has 0 aliphatic rings. The van der Waals surface area contributed by atoms with Gasteiger partial charge in [-0.15, -0.1) is 16.2 Å². The second kappa shape index (κ2) is 7.58. The van der Waals surface area contributed by atoms with Gasteiger partial charge >= 0.3 is 0 Å². The summed E-state index contributed by atoms with van der Waals surface area (Å²) in [7, 11) is 1.64. The lowest BCUT2D eigenvalue weighted by Gasteiger charge is -2.06. The second-order valence-corrected chi connectivity index (χ2v) is 7.06. The number of carbonyl (C=O) groups is 1. The Morgan fingerprint density at radius 1 is 1.07 bits per heavy atom. The minimum Gasteiger partial charge on any atom is -0.497 e. The highest BCUT2D eigenvalue weighted by Crippen LogP contribution is 2.32. The number of methoxy groups -OCH3 is 1. The Labute approximate surface area is 164 Å². The monoisotopic (exact) mass is 389 g/mol. The number of thiazole rings is 1. The molecule has 1 heterocycles. The average Bonchev–Trinajstić information content (AvgIpc) is 3.17. The minimum atomic E-state index is -0.301. The highest BCUT2D eigenvalue weighted by atomic mass is 32.1. The predicted molar refractivity (Wildman–Crippen MR) is 111 cm³/mol. The molecule has 7 heteroatoms. The molecule has 0 bridgehead atoms. The number of aromatic nitrogens is 1. The molecule has 0 aliphatic heterocycles. The molecule has 0 saturated heterocycles. The molecule has 4 aromatic rings. The molecule has 28 heavy (non-hydrogen) atoms. The summed E-state index contributed by atoms with van der Waals surface area (Å²) in [6.45, 7) is 0. The molecule has 1 N–H and O–H groups in total. The third-order valence-electron chi connectivity index (χ3n) is 4.20. The van der Waals surface area contributed by atoms with Crippen molar-refractivity contribution >= 4 is 38.8 Å². The summed E-state index contributed by atoms with van der Waals surface area (Å²) in [5.74, 6) is 0.500. The van der Waals surface area contributed by atoms with Crippen LogP contribution in [-0.4, -0.2) is 18.0 Å². The quantitative estimate of drug-likeness (QED) is 0.449. The molecule has 0 spiro atoms. The van der Waals surface area contributed by atoms with E-state index in [0.717, 1.165) is 26.5 Å². The third-order valence-corrected chi connectivity index (χ3v) is 5.27. The van der Waals surface area contributed by atoms with E-state index in [-0.39, 0.29) is 11.6 Å². The molecule has 1 amide bonds. The van der Waals surface area contributed by atoms with E-state index in [9.17, 15) is 9.70 Å². The summed E-state index contributed by atoms with van der Waals surface area (Å²) in [5, 5.41) is 6.56. The van der Waals surface area contributed by atoms with Crippen molar-refractivity contribution in [3.05, 3.63) is 77.2 Å². The normalized spacial score (nSPS) is 10.6. The zero-order chi connectivity index (χ0) is 19.5. The molecule has 0 unspecified atom stereocenters. The highest BCUT2D eigenvalue weighted by molar-refractivity contribution is 7.21. The molecule has 0 radical (unpaired) electrons. The average molecular weight is 389 g/mol. The molecule has 6 nitrogen and oxygen atoms in total. The van der Waals surface area contributed by atoms with Gasteiger partial charge in [0.25, 0.3) is 5.91 Å². The van der Waals surface area contributed by atoms with Crippen LogP contribution >= 0.6 is 11.3 Å². The van der Waals surface area contributed by atoms with E-state index in [1.807, 2.05) is 42.5 Å². The molecule has 3 aromatic carbocycles. The van der Waals surface area contributed by atoms with Gasteiger partial charge in [-0.2, -0.15) is 0 Å². The number of nitroso groups, excluding NO2 is 1. The third kappa shape index (κ3) is 3.60. The van der Waals surface area contributed by atoms with Gasteiger partial charge in [-0.25, -0.2) is 4.98 Å². The summed E-state index contributed by atoms with van der Waals surface area (Å²) in [4.78, 5) is 27.6. The minimum absolute atomic E-state index is 0.218. The van der Waals surface area contributed by atoms with Gasteiger partial charge in [0.05, 0.1) is 17.3 Å². The van der Waals surface area contributed by atoms with Crippen LogP contribution in [0.3, 0.4) is 0 Å². The number of hydrogen-bond donors (Lipinski definition) is 1. The number of anilines is 1. The molecule has 4 rings (SSSR count). The first kappa shape index (κ1) is 17.8. The number of amides is 1. The summed E-state index contributed by atoms with van der Waals surface area (Å²) in [5.41, 5.74) is 3.13.